The van der Waals surface area contributed by atoms with Gasteiger partial charge >= 0.3 is 6.01 Å². The number of aromatic nitrogens is 3. The van der Waals surface area contributed by atoms with E-state index in [1.54, 1.807) is 0 Å². The molecule has 0 saturated heterocycles. The van der Waals surface area contributed by atoms with Gasteiger partial charge in [-0.15, -0.1) is 5.10 Å². The van der Waals surface area contributed by atoms with Crippen molar-refractivity contribution in [2.75, 3.05) is 12.4 Å². The first-order valence-electron chi connectivity index (χ1n) is 5.23. The Hall–Kier alpha value is -2.49. The summed E-state index contributed by atoms with van der Waals surface area (Å²) in [6, 6.07) is 4.22. The Morgan fingerprint density at radius 1 is 1.55 bits per heavy atom. The number of H-pyrrole nitrogens is 1. The van der Waals surface area contributed by atoms with Gasteiger partial charge in [-0.1, -0.05) is 6.07 Å². The van der Waals surface area contributed by atoms with Gasteiger partial charge in [0.25, 0.3) is 11.6 Å². The number of amides is 1. The molecule has 0 atom stereocenters. The molecule has 2 rings (SSSR count). The van der Waals surface area contributed by atoms with Crippen LogP contribution in [-0.2, 0) is 0 Å². The second-order valence-corrected chi connectivity index (χ2v) is 4.31. The molecule has 0 aliphatic carbocycles. The molecule has 1 heterocycles. The van der Waals surface area contributed by atoms with Crippen LogP contribution in [0.15, 0.2) is 22.7 Å². The molecular formula is C10H8BrN5O4. The van der Waals surface area contributed by atoms with E-state index in [9.17, 15) is 14.9 Å². The number of carbonyl (C=O) groups excluding carboxylic acids is 1. The van der Waals surface area contributed by atoms with Crippen LogP contribution in [0.2, 0.25) is 0 Å². The summed E-state index contributed by atoms with van der Waals surface area (Å²) in [6.45, 7) is 0. The summed E-state index contributed by atoms with van der Waals surface area (Å²) in [6.07, 6.45) is 0. The lowest BCUT2D eigenvalue weighted by Gasteiger charge is -2.04. The Morgan fingerprint density at radius 2 is 2.30 bits per heavy atom. The van der Waals surface area contributed by atoms with Crippen LogP contribution in [0.25, 0.3) is 0 Å². The van der Waals surface area contributed by atoms with E-state index in [0.717, 1.165) is 0 Å². The minimum atomic E-state index is -0.585. The molecule has 104 valence electrons. The highest BCUT2D eigenvalue weighted by Crippen LogP contribution is 2.28. The van der Waals surface area contributed by atoms with Gasteiger partial charge in [0.1, 0.15) is 4.47 Å². The second-order valence-electron chi connectivity index (χ2n) is 3.52. The number of benzene rings is 1. The van der Waals surface area contributed by atoms with Crippen LogP contribution in [0.4, 0.5) is 11.6 Å². The predicted molar refractivity (Wildman–Crippen MR) is 71.7 cm³/mol. The average molecular weight is 342 g/mol. The van der Waals surface area contributed by atoms with Gasteiger partial charge in [-0.3, -0.25) is 20.2 Å². The van der Waals surface area contributed by atoms with Gasteiger partial charge in [-0.2, -0.15) is 4.98 Å². The summed E-state index contributed by atoms with van der Waals surface area (Å²) < 4.78 is 4.84. The summed E-state index contributed by atoms with van der Waals surface area (Å²) in [7, 11) is 1.38. The van der Waals surface area contributed by atoms with Crippen molar-refractivity contribution in [3.8, 4) is 6.01 Å². The molecule has 20 heavy (non-hydrogen) atoms. The van der Waals surface area contributed by atoms with E-state index in [-0.39, 0.29) is 27.7 Å². The maximum atomic E-state index is 12.0. The van der Waals surface area contributed by atoms with Crippen molar-refractivity contribution in [1.82, 2.24) is 15.2 Å². The molecule has 0 bridgehead atoms. The normalized spacial score (nSPS) is 10.1. The molecular weight excluding hydrogens is 334 g/mol. The molecule has 1 amide bonds. The lowest BCUT2D eigenvalue weighted by atomic mass is 10.2. The number of rotatable bonds is 4. The van der Waals surface area contributed by atoms with Crippen molar-refractivity contribution in [2.24, 2.45) is 0 Å². The van der Waals surface area contributed by atoms with E-state index in [1.165, 1.54) is 25.3 Å². The summed E-state index contributed by atoms with van der Waals surface area (Å²) >= 11 is 3.04. The first kappa shape index (κ1) is 13.9. The maximum absolute atomic E-state index is 12.0. The Bertz CT molecular complexity index is 671. The number of nitro groups is 1. The lowest BCUT2D eigenvalue weighted by molar-refractivity contribution is -0.385. The number of nitrogens with one attached hydrogen (secondary N) is 2. The fraction of sp³-hybridized carbons (Fsp3) is 0.100. The van der Waals surface area contributed by atoms with Gasteiger partial charge < -0.3 is 4.74 Å². The number of aromatic amines is 1. The van der Waals surface area contributed by atoms with Crippen LogP contribution in [0.5, 0.6) is 6.01 Å². The van der Waals surface area contributed by atoms with E-state index >= 15 is 0 Å². The number of nitrogens with zero attached hydrogens (tertiary/aromatic N) is 3. The number of ether oxygens (including phenoxy) is 1. The number of hydrogen-bond acceptors (Lipinski definition) is 6. The van der Waals surface area contributed by atoms with E-state index in [4.69, 9.17) is 4.74 Å². The molecule has 2 aromatic rings. The van der Waals surface area contributed by atoms with Gasteiger partial charge in [0.05, 0.1) is 17.6 Å². The summed E-state index contributed by atoms with van der Waals surface area (Å²) in [5, 5.41) is 19.3. The highest BCUT2D eigenvalue weighted by molar-refractivity contribution is 9.10. The van der Waals surface area contributed by atoms with Crippen molar-refractivity contribution in [3.63, 3.8) is 0 Å². The average Bonchev–Trinajstić information content (AvgIpc) is 2.86. The highest BCUT2D eigenvalue weighted by atomic mass is 79.9. The molecule has 0 unspecified atom stereocenters. The van der Waals surface area contributed by atoms with Crippen molar-refractivity contribution in [1.29, 1.82) is 0 Å². The third kappa shape index (κ3) is 2.74. The number of hydrogen-bond donors (Lipinski definition) is 2. The zero-order valence-corrected chi connectivity index (χ0v) is 11.7. The largest absolute Gasteiger partial charge is 0.466 e. The second kappa shape index (κ2) is 5.65. The summed E-state index contributed by atoms with van der Waals surface area (Å²) in [4.78, 5) is 26.0. The molecule has 2 N–H and O–H groups in total. The van der Waals surface area contributed by atoms with E-state index in [1.807, 2.05) is 0 Å². The van der Waals surface area contributed by atoms with E-state index in [2.05, 4.69) is 36.4 Å². The highest BCUT2D eigenvalue weighted by Gasteiger charge is 2.20. The van der Waals surface area contributed by atoms with Crippen LogP contribution in [-0.4, -0.2) is 33.1 Å². The van der Waals surface area contributed by atoms with Crippen molar-refractivity contribution in [3.05, 3.63) is 38.3 Å². The topological polar surface area (TPSA) is 123 Å². The number of methoxy groups -OCH3 is 1. The van der Waals surface area contributed by atoms with Crippen molar-refractivity contribution in [2.45, 2.75) is 0 Å². The van der Waals surface area contributed by atoms with Gasteiger partial charge in [0.2, 0.25) is 5.95 Å². The molecule has 0 radical (unpaired) electrons. The zero-order chi connectivity index (χ0) is 14.7. The number of carbonyl (C=O) groups is 1. The fourth-order valence-electron chi connectivity index (χ4n) is 1.40. The van der Waals surface area contributed by atoms with Gasteiger partial charge in [-0.05, 0) is 22.0 Å². The molecule has 0 spiro atoms. The minimum absolute atomic E-state index is 0.0680. The third-order valence-electron chi connectivity index (χ3n) is 2.30. The van der Waals surface area contributed by atoms with Gasteiger partial charge in [-0.25, -0.2) is 5.10 Å². The molecule has 0 aliphatic heterocycles. The lowest BCUT2D eigenvalue weighted by Crippen LogP contribution is -2.14. The molecule has 10 heteroatoms. The molecule has 1 aromatic heterocycles. The quantitative estimate of drug-likeness (QED) is 0.644. The van der Waals surface area contributed by atoms with Gasteiger partial charge in [0, 0.05) is 6.07 Å². The molecule has 1 aromatic carbocycles. The molecule has 0 aliphatic rings. The van der Waals surface area contributed by atoms with E-state index < -0.39 is 10.8 Å². The first-order chi connectivity index (χ1) is 9.52. The van der Waals surface area contributed by atoms with E-state index in [0.29, 0.717) is 0 Å². The van der Waals surface area contributed by atoms with Crippen LogP contribution in [0.3, 0.4) is 0 Å². The summed E-state index contributed by atoms with van der Waals surface area (Å²) in [5.74, 6) is -0.496. The number of anilines is 1. The Labute approximate surface area is 120 Å². The predicted octanol–water partition coefficient (Wildman–Crippen LogP) is 1.74. The molecule has 0 fully saturated rings. The maximum Gasteiger partial charge on any atom is 0.336 e. The summed E-state index contributed by atoms with van der Waals surface area (Å²) in [5.41, 5.74) is -0.0950. The smallest absolute Gasteiger partial charge is 0.336 e. The van der Waals surface area contributed by atoms with Crippen molar-refractivity contribution >= 4 is 33.5 Å². The van der Waals surface area contributed by atoms with Gasteiger partial charge in [0.15, 0.2) is 0 Å². The Kier molecular flexibility index (Phi) is 3.94. The van der Waals surface area contributed by atoms with Crippen LogP contribution in [0.1, 0.15) is 10.4 Å². The Balaban J connectivity index is 2.25. The molecule has 9 nitrogen and oxygen atoms in total. The van der Waals surface area contributed by atoms with Crippen LogP contribution >= 0.6 is 15.9 Å². The SMILES string of the molecule is COc1n[nH]c(NC(=O)c2cccc([N+](=O)[O-])c2Br)n1. The number of nitro benzene ring substituents is 1. The Morgan fingerprint density at radius 3 is 2.90 bits per heavy atom. The van der Waals surface area contributed by atoms with Crippen molar-refractivity contribution < 1.29 is 14.5 Å². The first-order valence-corrected chi connectivity index (χ1v) is 6.03. The number of halogens is 1. The standard InChI is InChI=1S/C10H8BrN5O4/c1-20-10-13-9(14-15-10)12-8(17)5-3-2-4-6(7(5)11)16(18)19/h2-4H,1H3,(H2,12,13,14,15,17). The van der Waals surface area contributed by atoms with Crippen LogP contribution in [0, 0.1) is 10.1 Å². The van der Waals surface area contributed by atoms with Crippen LogP contribution < -0.4 is 10.1 Å². The zero-order valence-electron chi connectivity index (χ0n) is 10.1. The minimum Gasteiger partial charge on any atom is -0.466 e. The molecule has 0 saturated carbocycles. The monoisotopic (exact) mass is 341 g/mol. The fourth-order valence-corrected chi connectivity index (χ4v) is 1.99. The third-order valence-corrected chi connectivity index (χ3v) is 3.13.